The smallest absolute Gasteiger partial charge is 0.320 e. The molecule has 0 bridgehead atoms. The number of nitrogens with zero attached hydrogens (tertiary/aromatic N) is 2. The Morgan fingerprint density at radius 1 is 1.26 bits per heavy atom. The van der Waals surface area contributed by atoms with Gasteiger partial charge < -0.3 is 15.0 Å². The van der Waals surface area contributed by atoms with Crippen molar-refractivity contribution in [2.24, 2.45) is 0 Å². The van der Waals surface area contributed by atoms with Gasteiger partial charge in [0.1, 0.15) is 0 Å². The summed E-state index contributed by atoms with van der Waals surface area (Å²) in [6.45, 7) is 6.33. The third-order valence-corrected chi connectivity index (χ3v) is 3.63. The molecular formula is C13H23N3O3. The SMILES string of the molecule is CCOC(=O)CN1CCNC(C(=O)N2CCCC2)C1. The molecule has 6 heteroatoms. The second-order valence-electron chi connectivity index (χ2n) is 5.08. The topological polar surface area (TPSA) is 61.9 Å². The quantitative estimate of drug-likeness (QED) is 0.694. The van der Waals surface area contributed by atoms with Crippen LogP contribution < -0.4 is 5.32 Å². The number of rotatable bonds is 4. The van der Waals surface area contributed by atoms with Crippen LogP contribution in [0, 0.1) is 0 Å². The molecular weight excluding hydrogens is 246 g/mol. The van der Waals surface area contributed by atoms with Gasteiger partial charge in [-0.2, -0.15) is 0 Å². The standard InChI is InChI=1S/C13H23N3O3/c1-2-19-12(17)10-15-8-5-14-11(9-15)13(18)16-6-3-4-7-16/h11,14H,2-10H2,1H3. The van der Waals surface area contributed by atoms with Crippen LogP contribution in [0.15, 0.2) is 0 Å². The minimum Gasteiger partial charge on any atom is -0.465 e. The van der Waals surface area contributed by atoms with Gasteiger partial charge in [-0.05, 0) is 19.8 Å². The van der Waals surface area contributed by atoms with E-state index < -0.39 is 0 Å². The molecule has 19 heavy (non-hydrogen) atoms. The van der Waals surface area contributed by atoms with Crippen molar-refractivity contribution in [3.63, 3.8) is 0 Å². The maximum Gasteiger partial charge on any atom is 0.320 e. The number of nitrogens with one attached hydrogen (secondary N) is 1. The van der Waals surface area contributed by atoms with Gasteiger partial charge in [-0.15, -0.1) is 0 Å². The van der Waals surface area contributed by atoms with Gasteiger partial charge in [0.15, 0.2) is 0 Å². The van der Waals surface area contributed by atoms with Crippen molar-refractivity contribution < 1.29 is 14.3 Å². The van der Waals surface area contributed by atoms with Gasteiger partial charge in [0.25, 0.3) is 0 Å². The van der Waals surface area contributed by atoms with E-state index in [1.807, 2.05) is 9.80 Å². The summed E-state index contributed by atoms with van der Waals surface area (Å²) < 4.78 is 4.94. The lowest BCUT2D eigenvalue weighted by atomic mass is 10.2. The Labute approximate surface area is 114 Å². The third-order valence-electron chi connectivity index (χ3n) is 3.63. The highest BCUT2D eigenvalue weighted by atomic mass is 16.5. The lowest BCUT2D eigenvalue weighted by Gasteiger charge is -2.34. The zero-order valence-electron chi connectivity index (χ0n) is 11.6. The van der Waals surface area contributed by atoms with E-state index in [0.29, 0.717) is 13.2 Å². The number of esters is 1. The molecule has 1 atom stereocenters. The van der Waals surface area contributed by atoms with E-state index in [-0.39, 0.29) is 24.5 Å². The minimum atomic E-state index is -0.211. The van der Waals surface area contributed by atoms with Crippen molar-refractivity contribution in [1.82, 2.24) is 15.1 Å². The molecule has 2 aliphatic heterocycles. The Morgan fingerprint density at radius 3 is 2.68 bits per heavy atom. The van der Waals surface area contributed by atoms with Crippen LogP contribution in [0.2, 0.25) is 0 Å². The number of carbonyl (C=O) groups is 2. The molecule has 108 valence electrons. The molecule has 0 aromatic heterocycles. The first-order chi connectivity index (χ1) is 9.20. The van der Waals surface area contributed by atoms with Crippen molar-refractivity contribution in [1.29, 1.82) is 0 Å². The molecule has 0 radical (unpaired) electrons. The van der Waals surface area contributed by atoms with Gasteiger partial charge >= 0.3 is 5.97 Å². The monoisotopic (exact) mass is 269 g/mol. The van der Waals surface area contributed by atoms with E-state index in [4.69, 9.17) is 4.74 Å². The molecule has 2 rings (SSSR count). The van der Waals surface area contributed by atoms with Gasteiger partial charge in [0, 0.05) is 32.7 Å². The van der Waals surface area contributed by atoms with Crippen LogP contribution in [0.4, 0.5) is 0 Å². The zero-order valence-corrected chi connectivity index (χ0v) is 11.6. The lowest BCUT2D eigenvalue weighted by molar-refractivity contribution is -0.145. The average molecular weight is 269 g/mol. The highest BCUT2D eigenvalue weighted by molar-refractivity contribution is 5.82. The molecule has 0 aromatic carbocycles. The Balaban J connectivity index is 1.82. The number of hydrogen-bond acceptors (Lipinski definition) is 5. The van der Waals surface area contributed by atoms with E-state index in [2.05, 4.69) is 5.32 Å². The number of piperazine rings is 1. The molecule has 0 aliphatic carbocycles. The van der Waals surface area contributed by atoms with Crippen LogP contribution >= 0.6 is 0 Å². The summed E-state index contributed by atoms with van der Waals surface area (Å²) in [6.07, 6.45) is 2.20. The van der Waals surface area contributed by atoms with Crippen molar-refractivity contribution in [2.75, 3.05) is 45.9 Å². The highest BCUT2D eigenvalue weighted by Gasteiger charge is 2.30. The summed E-state index contributed by atoms with van der Waals surface area (Å²) in [4.78, 5) is 27.7. The van der Waals surface area contributed by atoms with E-state index in [1.165, 1.54) is 0 Å². The van der Waals surface area contributed by atoms with Crippen molar-refractivity contribution in [3.05, 3.63) is 0 Å². The molecule has 1 N–H and O–H groups in total. The zero-order chi connectivity index (χ0) is 13.7. The summed E-state index contributed by atoms with van der Waals surface area (Å²) in [5, 5.41) is 3.25. The summed E-state index contributed by atoms with van der Waals surface area (Å²) in [5.74, 6) is -0.0390. The molecule has 2 fully saturated rings. The molecule has 2 saturated heterocycles. The number of likely N-dealkylation sites (tertiary alicyclic amines) is 1. The lowest BCUT2D eigenvalue weighted by Crippen LogP contribution is -2.58. The Hall–Kier alpha value is -1.14. The van der Waals surface area contributed by atoms with Gasteiger partial charge in [-0.3, -0.25) is 14.5 Å². The van der Waals surface area contributed by atoms with Gasteiger partial charge in [0.05, 0.1) is 19.2 Å². The Morgan fingerprint density at radius 2 is 2.00 bits per heavy atom. The number of amides is 1. The van der Waals surface area contributed by atoms with E-state index in [0.717, 1.165) is 39.0 Å². The maximum atomic E-state index is 12.3. The van der Waals surface area contributed by atoms with Crippen LogP contribution in [0.1, 0.15) is 19.8 Å². The predicted octanol–water partition coefficient (Wildman–Crippen LogP) is -0.554. The van der Waals surface area contributed by atoms with E-state index in [9.17, 15) is 9.59 Å². The largest absolute Gasteiger partial charge is 0.465 e. The summed E-state index contributed by atoms with van der Waals surface area (Å²) in [5.41, 5.74) is 0. The van der Waals surface area contributed by atoms with Crippen molar-refractivity contribution >= 4 is 11.9 Å². The fourth-order valence-corrected chi connectivity index (χ4v) is 2.67. The Kier molecular flexibility index (Phi) is 5.15. The van der Waals surface area contributed by atoms with Gasteiger partial charge in [0.2, 0.25) is 5.91 Å². The predicted molar refractivity (Wildman–Crippen MR) is 70.7 cm³/mol. The molecule has 2 heterocycles. The van der Waals surface area contributed by atoms with Crippen LogP contribution in [-0.4, -0.2) is 73.6 Å². The number of hydrogen-bond donors (Lipinski definition) is 1. The first kappa shape index (κ1) is 14.3. The van der Waals surface area contributed by atoms with Gasteiger partial charge in [-0.25, -0.2) is 0 Å². The molecule has 1 unspecified atom stereocenters. The third kappa shape index (κ3) is 3.91. The first-order valence-corrected chi connectivity index (χ1v) is 7.11. The van der Waals surface area contributed by atoms with E-state index in [1.54, 1.807) is 6.92 Å². The first-order valence-electron chi connectivity index (χ1n) is 7.11. The highest BCUT2D eigenvalue weighted by Crippen LogP contribution is 2.11. The summed E-state index contributed by atoms with van der Waals surface area (Å²) in [6, 6.07) is -0.179. The normalized spacial score (nSPS) is 24.5. The van der Waals surface area contributed by atoms with E-state index >= 15 is 0 Å². The molecule has 0 aromatic rings. The fraction of sp³-hybridized carbons (Fsp3) is 0.846. The van der Waals surface area contributed by atoms with Crippen LogP contribution in [0.5, 0.6) is 0 Å². The molecule has 2 aliphatic rings. The molecule has 6 nitrogen and oxygen atoms in total. The van der Waals surface area contributed by atoms with Crippen molar-refractivity contribution in [2.45, 2.75) is 25.8 Å². The fourth-order valence-electron chi connectivity index (χ4n) is 2.67. The number of ether oxygens (including phenoxy) is 1. The summed E-state index contributed by atoms with van der Waals surface area (Å²) >= 11 is 0. The molecule has 0 spiro atoms. The second-order valence-corrected chi connectivity index (χ2v) is 5.08. The van der Waals surface area contributed by atoms with Crippen LogP contribution in [-0.2, 0) is 14.3 Å². The van der Waals surface area contributed by atoms with Gasteiger partial charge in [-0.1, -0.05) is 0 Å². The maximum absolute atomic E-state index is 12.3. The molecule has 1 amide bonds. The van der Waals surface area contributed by atoms with Crippen LogP contribution in [0.3, 0.4) is 0 Å². The second kappa shape index (κ2) is 6.86. The van der Waals surface area contributed by atoms with Crippen molar-refractivity contribution in [3.8, 4) is 0 Å². The number of carbonyl (C=O) groups excluding carboxylic acids is 2. The minimum absolute atomic E-state index is 0.172. The molecule has 0 saturated carbocycles. The summed E-state index contributed by atoms with van der Waals surface area (Å²) in [7, 11) is 0. The van der Waals surface area contributed by atoms with Crippen LogP contribution in [0.25, 0.3) is 0 Å². The average Bonchev–Trinajstić information content (AvgIpc) is 2.92. The Bertz CT molecular complexity index is 329.